The third-order valence-electron chi connectivity index (χ3n) is 2.63. The van der Waals surface area contributed by atoms with Crippen LogP contribution in [-0.4, -0.2) is 31.9 Å². The number of benzene rings is 1. The van der Waals surface area contributed by atoms with Crippen LogP contribution in [0.3, 0.4) is 0 Å². The number of sulfone groups is 1. The molecule has 1 aliphatic heterocycles. The summed E-state index contributed by atoms with van der Waals surface area (Å²) in [5.74, 6) is -0.730. The lowest BCUT2D eigenvalue weighted by atomic mass is 10.3. The number of hydrogen-bond donors (Lipinski definition) is 1. The molecule has 1 unspecified atom stereocenters. The standard InChI is InChI=1S/C12H15NO4S/c1-12(2)13-11(14)10(17-12)8-18(15,16)9-6-4-3-5-7-9/h3-7,10H,8H2,1-2H3,(H,13,14). The molecule has 6 heteroatoms. The number of hydrogen-bond acceptors (Lipinski definition) is 4. The maximum atomic E-state index is 12.1. The third-order valence-corrected chi connectivity index (χ3v) is 4.36. The summed E-state index contributed by atoms with van der Waals surface area (Å²) < 4.78 is 29.5. The minimum Gasteiger partial charge on any atom is -0.342 e. The van der Waals surface area contributed by atoms with Crippen molar-refractivity contribution in [3.05, 3.63) is 30.3 Å². The number of amides is 1. The summed E-state index contributed by atoms with van der Waals surface area (Å²) in [6.45, 7) is 3.36. The van der Waals surface area contributed by atoms with Crippen molar-refractivity contribution in [3.8, 4) is 0 Å². The van der Waals surface area contributed by atoms with Gasteiger partial charge in [-0.25, -0.2) is 8.42 Å². The fourth-order valence-electron chi connectivity index (χ4n) is 1.85. The summed E-state index contributed by atoms with van der Waals surface area (Å²) in [6.07, 6.45) is -0.954. The van der Waals surface area contributed by atoms with Crippen molar-refractivity contribution in [2.75, 3.05) is 5.75 Å². The van der Waals surface area contributed by atoms with Gasteiger partial charge in [-0.2, -0.15) is 0 Å². The molecule has 0 bridgehead atoms. The molecular weight excluding hydrogens is 254 g/mol. The maximum Gasteiger partial charge on any atom is 0.252 e. The molecule has 1 aromatic carbocycles. The Balaban J connectivity index is 2.18. The fourth-order valence-corrected chi connectivity index (χ4v) is 3.23. The second-order valence-corrected chi connectivity index (χ2v) is 6.73. The maximum absolute atomic E-state index is 12.1. The second kappa shape index (κ2) is 4.37. The molecule has 1 saturated heterocycles. The minimum absolute atomic E-state index is 0.200. The Hall–Kier alpha value is -1.40. The van der Waals surface area contributed by atoms with Gasteiger partial charge < -0.3 is 10.1 Å². The van der Waals surface area contributed by atoms with Crippen LogP contribution in [0, 0.1) is 0 Å². The normalized spacial score (nSPS) is 22.8. The van der Waals surface area contributed by atoms with Crippen molar-refractivity contribution in [2.24, 2.45) is 0 Å². The average molecular weight is 269 g/mol. The average Bonchev–Trinajstić information content (AvgIpc) is 2.52. The van der Waals surface area contributed by atoms with Gasteiger partial charge in [0.15, 0.2) is 15.9 Å². The van der Waals surface area contributed by atoms with E-state index in [0.717, 1.165) is 0 Å². The van der Waals surface area contributed by atoms with E-state index in [1.54, 1.807) is 32.0 Å². The monoisotopic (exact) mass is 269 g/mol. The van der Waals surface area contributed by atoms with Crippen molar-refractivity contribution in [1.29, 1.82) is 0 Å². The predicted octanol–water partition coefficient (Wildman–Crippen LogP) is 0.711. The first-order valence-corrected chi connectivity index (χ1v) is 7.23. The predicted molar refractivity (Wildman–Crippen MR) is 65.6 cm³/mol. The zero-order valence-electron chi connectivity index (χ0n) is 10.2. The van der Waals surface area contributed by atoms with Crippen LogP contribution in [0.1, 0.15) is 13.8 Å². The highest BCUT2D eigenvalue weighted by molar-refractivity contribution is 7.91. The molecule has 1 aliphatic rings. The van der Waals surface area contributed by atoms with Crippen molar-refractivity contribution >= 4 is 15.7 Å². The van der Waals surface area contributed by atoms with Gasteiger partial charge in [-0.05, 0) is 26.0 Å². The molecule has 1 atom stereocenters. The van der Waals surface area contributed by atoms with E-state index in [-0.39, 0.29) is 16.6 Å². The fraction of sp³-hybridized carbons (Fsp3) is 0.417. The molecule has 1 heterocycles. The number of carbonyl (C=O) groups excluding carboxylic acids is 1. The highest BCUT2D eigenvalue weighted by Gasteiger charge is 2.40. The van der Waals surface area contributed by atoms with Gasteiger partial charge in [0.2, 0.25) is 0 Å². The summed E-state index contributed by atoms with van der Waals surface area (Å²) >= 11 is 0. The molecule has 18 heavy (non-hydrogen) atoms. The Morgan fingerprint density at radius 1 is 1.28 bits per heavy atom. The molecule has 0 spiro atoms. The SMILES string of the molecule is CC1(C)NC(=O)C(CS(=O)(=O)c2ccccc2)O1. The summed E-state index contributed by atoms with van der Waals surface area (Å²) in [4.78, 5) is 11.8. The molecule has 1 N–H and O–H groups in total. The molecular formula is C12H15NO4S. The van der Waals surface area contributed by atoms with Crippen LogP contribution in [-0.2, 0) is 19.4 Å². The molecule has 0 radical (unpaired) electrons. The third kappa shape index (κ3) is 2.70. The Morgan fingerprint density at radius 2 is 1.89 bits per heavy atom. The lowest BCUT2D eigenvalue weighted by Crippen LogP contribution is -2.36. The first-order chi connectivity index (χ1) is 8.30. The van der Waals surface area contributed by atoms with Gasteiger partial charge in [0.25, 0.3) is 5.91 Å². The number of rotatable bonds is 3. The molecule has 1 amide bonds. The molecule has 5 nitrogen and oxygen atoms in total. The number of nitrogens with one attached hydrogen (secondary N) is 1. The van der Waals surface area contributed by atoms with Gasteiger partial charge in [0, 0.05) is 0 Å². The summed E-state index contributed by atoms with van der Waals surface area (Å²) in [5, 5.41) is 2.59. The molecule has 0 saturated carbocycles. The molecule has 2 rings (SSSR count). The Bertz CT molecular complexity index is 551. The van der Waals surface area contributed by atoms with E-state index in [4.69, 9.17) is 4.74 Å². The molecule has 0 aromatic heterocycles. The van der Waals surface area contributed by atoms with Crippen LogP contribution in [0.4, 0.5) is 0 Å². The van der Waals surface area contributed by atoms with E-state index in [9.17, 15) is 13.2 Å². The largest absolute Gasteiger partial charge is 0.342 e. The van der Waals surface area contributed by atoms with Crippen LogP contribution in [0.15, 0.2) is 35.2 Å². The molecule has 0 aliphatic carbocycles. The quantitative estimate of drug-likeness (QED) is 0.877. The Morgan fingerprint density at radius 3 is 2.39 bits per heavy atom. The van der Waals surface area contributed by atoms with Crippen LogP contribution in [0.2, 0.25) is 0 Å². The van der Waals surface area contributed by atoms with Gasteiger partial charge >= 0.3 is 0 Å². The van der Waals surface area contributed by atoms with Gasteiger partial charge in [-0.1, -0.05) is 18.2 Å². The van der Waals surface area contributed by atoms with Crippen molar-refractivity contribution < 1.29 is 17.9 Å². The van der Waals surface area contributed by atoms with Crippen LogP contribution < -0.4 is 5.32 Å². The van der Waals surface area contributed by atoms with Gasteiger partial charge in [0.1, 0.15) is 5.72 Å². The van der Waals surface area contributed by atoms with Crippen molar-refractivity contribution in [1.82, 2.24) is 5.32 Å². The molecule has 1 fully saturated rings. The zero-order valence-corrected chi connectivity index (χ0v) is 11.0. The van der Waals surface area contributed by atoms with E-state index >= 15 is 0 Å². The topological polar surface area (TPSA) is 72.5 Å². The van der Waals surface area contributed by atoms with Gasteiger partial charge in [-0.3, -0.25) is 4.79 Å². The molecule has 1 aromatic rings. The highest BCUT2D eigenvalue weighted by atomic mass is 32.2. The van der Waals surface area contributed by atoms with Crippen molar-refractivity contribution in [3.63, 3.8) is 0 Å². The number of ether oxygens (including phenoxy) is 1. The number of carbonyl (C=O) groups is 1. The zero-order chi connectivity index (χ0) is 13.4. The van der Waals surface area contributed by atoms with Crippen molar-refractivity contribution in [2.45, 2.75) is 30.6 Å². The van der Waals surface area contributed by atoms with Crippen LogP contribution >= 0.6 is 0 Å². The van der Waals surface area contributed by atoms with E-state index in [1.165, 1.54) is 12.1 Å². The lowest BCUT2D eigenvalue weighted by Gasteiger charge is -2.17. The first kappa shape index (κ1) is 13.0. The Labute approximate surface area is 106 Å². The van der Waals surface area contributed by atoms with E-state index in [2.05, 4.69) is 5.32 Å². The van der Waals surface area contributed by atoms with Crippen LogP contribution in [0.25, 0.3) is 0 Å². The minimum atomic E-state index is -3.51. The van der Waals surface area contributed by atoms with E-state index < -0.39 is 21.7 Å². The summed E-state index contributed by atoms with van der Waals surface area (Å²) in [7, 11) is -3.51. The second-order valence-electron chi connectivity index (χ2n) is 4.70. The molecule has 98 valence electrons. The van der Waals surface area contributed by atoms with Crippen LogP contribution in [0.5, 0.6) is 0 Å². The first-order valence-electron chi connectivity index (χ1n) is 5.58. The smallest absolute Gasteiger partial charge is 0.252 e. The lowest BCUT2D eigenvalue weighted by molar-refractivity contribution is -0.122. The van der Waals surface area contributed by atoms with E-state index in [1.807, 2.05) is 0 Å². The summed E-state index contributed by atoms with van der Waals surface area (Å²) in [5.41, 5.74) is -0.812. The van der Waals surface area contributed by atoms with E-state index in [0.29, 0.717) is 0 Å². The Kier molecular flexibility index (Phi) is 3.16. The van der Waals surface area contributed by atoms with Gasteiger partial charge in [0.05, 0.1) is 10.6 Å². The van der Waals surface area contributed by atoms with Gasteiger partial charge in [-0.15, -0.1) is 0 Å². The highest BCUT2D eigenvalue weighted by Crippen LogP contribution is 2.20. The summed E-state index contributed by atoms with van der Waals surface area (Å²) in [6, 6.07) is 8.04.